The number of methoxy groups -OCH3 is 1. The summed E-state index contributed by atoms with van der Waals surface area (Å²) in [7, 11) is 1.61. The van der Waals surface area contributed by atoms with E-state index in [0.717, 1.165) is 36.1 Å². The van der Waals surface area contributed by atoms with Gasteiger partial charge in [0.25, 0.3) is 5.91 Å². The van der Waals surface area contributed by atoms with Crippen molar-refractivity contribution >= 4 is 23.2 Å². The van der Waals surface area contributed by atoms with Crippen LogP contribution in [-0.4, -0.2) is 29.9 Å². The smallest absolute Gasteiger partial charge is 0.290 e. The molecule has 0 spiro atoms. The number of ether oxygens (including phenoxy) is 1. The molecular weight excluding hydrogens is 412 g/mol. The van der Waals surface area contributed by atoms with Crippen LogP contribution in [0.5, 0.6) is 5.75 Å². The molecule has 1 atom stereocenters. The van der Waals surface area contributed by atoms with Gasteiger partial charge in [-0.3, -0.25) is 9.59 Å². The van der Waals surface area contributed by atoms with Crippen LogP contribution in [0.3, 0.4) is 0 Å². The zero-order chi connectivity index (χ0) is 21.6. The van der Waals surface area contributed by atoms with E-state index in [1.807, 2.05) is 41.8 Å². The van der Waals surface area contributed by atoms with Crippen LogP contribution in [0.4, 0.5) is 0 Å². The highest BCUT2D eigenvalue weighted by Crippen LogP contribution is 2.30. The fourth-order valence-corrected chi connectivity index (χ4v) is 4.85. The maximum atomic E-state index is 13.5. The molecule has 4 rings (SSSR count). The summed E-state index contributed by atoms with van der Waals surface area (Å²) in [5.41, 5.74) is 0.870. The van der Waals surface area contributed by atoms with Crippen molar-refractivity contribution in [1.82, 2.24) is 10.2 Å². The van der Waals surface area contributed by atoms with Gasteiger partial charge in [-0.15, -0.1) is 11.3 Å². The van der Waals surface area contributed by atoms with Crippen molar-refractivity contribution in [3.05, 3.63) is 76.4 Å². The van der Waals surface area contributed by atoms with E-state index in [4.69, 9.17) is 9.15 Å². The maximum absolute atomic E-state index is 13.5. The van der Waals surface area contributed by atoms with Gasteiger partial charge < -0.3 is 19.4 Å². The number of rotatable bonds is 8. The second kappa shape index (κ2) is 9.83. The largest absolute Gasteiger partial charge is 0.497 e. The lowest BCUT2D eigenvalue weighted by molar-refractivity contribution is -0.126. The van der Waals surface area contributed by atoms with E-state index >= 15 is 0 Å². The number of nitrogens with zero attached hydrogens (tertiary/aromatic N) is 1. The number of amides is 2. The first-order chi connectivity index (χ1) is 15.2. The minimum atomic E-state index is -0.746. The SMILES string of the molecule is COc1cccc(CN(C(=O)c2ccco2)C(C(=O)NC2CCCC2)c2cccs2)c1. The normalized spacial score (nSPS) is 14.9. The highest BCUT2D eigenvalue weighted by Gasteiger charge is 2.35. The topological polar surface area (TPSA) is 71.8 Å². The third kappa shape index (κ3) is 4.99. The molecule has 2 heterocycles. The third-order valence-electron chi connectivity index (χ3n) is 5.55. The molecular formula is C24H26N2O4S. The molecule has 1 aromatic carbocycles. The number of furan rings is 1. The Morgan fingerprint density at radius 2 is 2.03 bits per heavy atom. The first kappa shape index (κ1) is 21.2. The van der Waals surface area contributed by atoms with Crippen molar-refractivity contribution in [2.75, 3.05) is 7.11 Å². The summed E-state index contributed by atoms with van der Waals surface area (Å²) in [5, 5.41) is 5.10. The van der Waals surface area contributed by atoms with Crippen LogP contribution in [0, 0.1) is 0 Å². The summed E-state index contributed by atoms with van der Waals surface area (Å²) in [6, 6.07) is 14.0. The predicted molar refractivity (Wildman–Crippen MR) is 119 cm³/mol. The summed E-state index contributed by atoms with van der Waals surface area (Å²) < 4.78 is 10.7. The van der Waals surface area contributed by atoms with Crippen LogP contribution in [-0.2, 0) is 11.3 Å². The molecule has 1 saturated carbocycles. The highest BCUT2D eigenvalue weighted by molar-refractivity contribution is 7.10. The van der Waals surface area contributed by atoms with Crippen molar-refractivity contribution in [2.24, 2.45) is 0 Å². The number of carbonyl (C=O) groups excluding carboxylic acids is 2. The Kier molecular flexibility index (Phi) is 6.72. The minimum absolute atomic E-state index is 0.155. The van der Waals surface area contributed by atoms with E-state index in [-0.39, 0.29) is 30.2 Å². The second-order valence-electron chi connectivity index (χ2n) is 7.67. The molecule has 7 heteroatoms. The number of nitrogens with one attached hydrogen (secondary N) is 1. The Morgan fingerprint density at radius 1 is 1.19 bits per heavy atom. The molecule has 3 aromatic rings. The van der Waals surface area contributed by atoms with Crippen LogP contribution in [0.15, 0.2) is 64.6 Å². The van der Waals surface area contributed by atoms with E-state index in [2.05, 4.69) is 5.32 Å². The molecule has 1 aliphatic rings. The molecule has 1 unspecified atom stereocenters. The molecule has 1 aliphatic carbocycles. The van der Waals surface area contributed by atoms with E-state index in [1.165, 1.54) is 17.6 Å². The quantitative estimate of drug-likeness (QED) is 0.549. The van der Waals surface area contributed by atoms with Crippen LogP contribution >= 0.6 is 11.3 Å². The third-order valence-corrected chi connectivity index (χ3v) is 6.48. The van der Waals surface area contributed by atoms with E-state index in [9.17, 15) is 9.59 Å². The Bertz CT molecular complexity index is 995. The number of thiophene rings is 1. The molecule has 1 N–H and O–H groups in total. The Hall–Kier alpha value is -3.06. The average molecular weight is 439 g/mol. The van der Waals surface area contributed by atoms with E-state index in [0.29, 0.717) is 5.75 Å². The van der Waals surface area contributed by atoms with Gasteiger partial charge in [-0.05, 0) is 54.1 Å². The molecule has 2 aromatic heterocycles. The molecule has 0 saturated heterocycles. The van der Waals surface area contributed by atoms with E-state index < -0.39 is 6.04 Å². The van der Waals surface area contributed by atoms with Gasteiger partial charge in [0.15, 0.2) is 5.76 Å². The minimum Gasteiger partial charge on any atom is -0.497 e. The number of benzene rings is 1. The van der Waals surface area contributed by atoms with Crippen molar-refractivity contribution in [3.8, 4) is 5.75 Å². The Labute approximate surface area is 185 Å². The van der Waals surface area contributed by atoms with Crippen LogP contribution in [0.1, 0.15) is 52.7 Å². The molecule has 2 amide bonds. The predicted octanol–water partition coefficient (Wildman–Crippen LogP) is 4.79. The maximum Gasteiger partial charge on any atom is 0.290 e. The summed E-state index contributed by atoms with van der Waals surface area (Å²) >= 11 is 1.47. The Morgan fingerprint density at radius 3 is 2.71 bits per heavy atom. The van der Waals surface area contributed by atoms with Gasteiger partial charge in [0.2, 0.25) is 5.91 Å². The van der Waals surface area contributed by atoms with Gasteiger partial charge in [0.05, 0.1) is 13.4 Å². The fourth-order valence-electron chi connectivity index (χ4n) is 4.01. The molecule has 6 nitrogen and oxygen atoms in total. The zero-order valence-electron chi connectivity index (χ0n) is 17.5. The van der Waals surface area contributed by atoms with Crippen LogP contribution in [0.25, 0.3) is 0 Å². The summed E-state index contributed by atoms with van der Waals surface area (Å²) in [6.45, 7) is 0.247. The molecule has 0 radical (unpaired) electrons. The lowest BCUT2D eigenvalue weighted by Crippen LogP contribution is -2.45. The van der Waals surface area contributed by atoms with E-state index in [1.54, 1.807) is 24.1 Å². The monoisotopic (exact) mass is 438 g/mol. The lowest BCUT2D eigenvalue weighted by Gasteiger charge is -2.31. The first-order valence-electron chi connectivity index (χ1n) is 10.5. The zero-order valence-corrected chi connectivity index (χ0v) is 18.3. The second-order valence-corrected chi connectivity index (χ2v) is 8.65. The summed E-state index contributed by atoms with van der Waals surface area (Å²) in [5.74, 6) is 0.425. The summed E-state index contributed by atoms with van der Waals surface area (Å²) in [4.78, 5) is 29.3. The Balaban J connectivity index is 1.69. The van der Waals surface area contributed by atoms with Crippen LogP contribution < -0.4 is 10.1 Å². The fraction of sp³-hybridized carbons (Fsp3) is 0.333. The van der Waals surface area contributed by atoms with Crippen molar-refractivity contribution < 1.29 is 18.7 Å². The van der Waals surface area contributed by atoms with Crippen molar-refractivity contribution in [3.63, 3.8) is 0 Å². The van der Waals surface area contributed by atoms with Gasteiger partial charge in [-0.1, -0.05) is 31.0 Å². The first-order valence-corrected chi connectivity index (χ1v) is 11.3. The van der Waals surface area contributed by atoms with Gasteiger partial charge in [0.1, 0.15) is 11.8 Å². The van der Waals surface area contributed by atoms with Crippen molar-refractivity contribution in [2.45, 2.75) is 44.3 Å². The highest BCUT2D eigenvalue weighted by atomic mass is 32.1. The lowest BCUT2D eigenvalue weighted by atomic mass is 10.1. The molecule has 0 aliphatic heterocycles. The molecule has 1 fully saturated rings. The number of hydrogen-bond acceptors (Lipinski definition) is 5. The molecule has 162 valence electrons. The van der Waals surface area contributed by atoms with Gasteiger partial charge >= 0.3 is 0 Å². The average Bonchev–Trinajstić information content (AvgIpc) is 3.56. The van der Waals surface area contributed by atoms with Crippen LogP contribution in [0.2, 0.25) is 0 Å². The number of hydrogen-bond donors (Lipinski definition) is 1. The van der Waals surface area contributed by atoms with Crippen molar-refractivity contribution in [1.29, 1.82) is 0 Å². The van der Waals surface area contributed by atoms with Gasteiger partial charge in [-0.25, -0.2) is 0 Å². The van der Waals surface area contributed by atoms with Gasteiger partial charge in [0, 0.05) is 17.5 Å². The standard InChI is InChI=1S/C24H26N2O4S/c1-29-19-10-4-7-17(15-19)16-26(24(28)20-11-5-13-30-20)22(21-12-6-14-31-21)23(27)25-18-8-2-3-9-18/h4-7,10-15,18,22H,2-3,8-9,16H2,1H3,(H,25,27). The molecule has 31 heavy (non-hydrogen) atoms. The molecule has 0 bridgehead atoms. The summed E-state index contributed by atoms with van der Waals surface area (Å²) in [6.07, 6.45) is 5.66. The van der Waals surface area contributed by atoms with Gasteiger partial charge in [-0.2, -0.15) is 0 Å². The number of carbonyl (C=O) groups is 2.